The normalized spacial score (nSPS) is 10.0. The molecule has 0 saturated carbocycles. The van der Waals surface area contributed by atoms with E-state index in [1.54, 1.807) is 48.4 Å². The largest absolute Gasteiger partial charge is 0.497 e. The topological polar surface area (TPSA) is 67.9 Å². The summed E-state index contributed by atoms with van der Waals surface area (Å²) in [5, 5.41) is 2.81. The fourth-order valence-corrected chi connectivity index (χ4v) is 2.44. The Balaban J connectivity index is 1.99. The van der Waals surface area contributed by atoms with Crippen molar-refractivity contribution >= 4 is 17.5 Å². The molecule has 0 aliphatic heterocycles. The quantitative estimate of drug-likeness (QED) is 0.839. The van der Waals surface area contributed by atoms with Crippen molar-refractivity contribution in [2.24, 2.45) is 0 Å². The molecule has 132 valence electrons. The van der Waals surface area contributed by atoms with Crippen LogP contribution in [0.15, 0.2) is 48.5 Å². The van der Waals surface area contributed by atoms with Crippen molar-refractivity contribution in [3.63, 3.8) is 0 Å². The van der Waals surface area contributed by atoms with E-state index in [1.165, 1.54) is 14.0 Å². The van der Waals surface area contributed by atoms with E-state index in [2.05, 4.69) is 5.32 Å². The summed E-state index contributed by atoms with van der Waals surface area (Å²) in [6, 6.07) is 14.2. The minimum atomic E-state index is -0.240. The van der Waals surface area contributed by atoms with Crippen molar-refractivity contribution in [1.82, 2.24) is 5.32 Å². The Morgan fingerprint density at radius 1 is 1.00 bits per heavy atom. The molecular weight excluding hydrogens is 320 g/mol. The Bertz CT molecular complexity index is 728. The molecule has 2 rings (SSSR count). The van der Waals surface area contributed by atoms with Gasteiger partial charge in [-0.1, -0.05) is 12.1 Å². The molecule has 0 radical (unpaired) electrons. The molecule has 0 fully saturated rings. The van der Waals surface area contributed by atoms with Crippen LogP contribution in [0.5, 0.6) is 11.5 Å². The Kier molecular flexibility index (Phi) is 6.39. The average molecular weight is 342 g/mol. The molecule has 0 spiro atoms. The van der Waals surface area contributed by atoms with E-state index in [9.17, 15) is 9.59 Å². The molecule has 2 aromatic rings. The van der Waals surface area contributed by atoms with E-state index in [4.69, 9.17) is 9.47 Å². The first-order valence-electron chi connectivity index (χ1n) is 7.90. The highest BCUT2D eigenvalue weighted by atomic mass is 16.5. The fourth-order valence-electron chi connectivity index (χ4n) is 2.44. The Morgan fingerprint density at radius 2 is 1.68 bits per heavy atom. The lowest BCUT2D eigenvalue weighted by atomic mass is 10.2. The van der Waals surface area contributed by atoms with Gasteiger partial charge in [0.25, 0.3) is 5.91 Å². The van der Waals surface area contributed by atoms with Crippen LogP contribution >= 0.6 is 0 Å². The van der Waals surface area contributed by atoms with Crippen molar-refractivity contribution in [3.8, 4) is 11.5 Å². The molecule has 0 aliphatic carbocycles. The van der Waals surface area contributed by atoms with Crippen molar-refractivity contribution in [1.29, 1.82) is 0 Å². The summed E-state index contributed by atoms with van der Waals surface area (Å²) in [6.07, 6.45) is 0. The van der Waals surface area contributed by atoms with E-state index in [-0.39, 0.29) is 11.8 Å². The molecule has 0 saturated heterocycles. The molecule has 0 heterocycles. The van der Waals surface area contributed by atoms with E-state index < -0.39 is 0 Å². The fraction of sp³-hybridized carbons (Fsp3) is 0.263. The molecule has 0 bridgehead atoms. The highest BCUT2D eigenvalue weighted by molar-refractivity contribution is 5.97. The molecule has 1 N–H and O–H groups in total. The maximum absolute atomic E-state index is 12.3. The van der Waals surface area contributed by atoms with Gasteiger partial charge < -0.3 is 19.7 Å². The molecule has 6 heteroatoms. The maximum Gasteiger partial charge on any atom is 0.255 e. The van der Waals surface area contributed by atoms with Crippen LogP contribution in [0.3, 0.4) is 0 Å². The van der Waals surface area contributed by atoms with Gasteiger partial charge in [-0.2, -0.15) is 0 Å². The van der Waals surface area contributed by atoms with Gasteiger partial charge in [-0.05, 0) is 36.4 Å². The smallest absolute Gasteiger partial charge is 0.255 e. The Hall–Kier alpha value is -3.02. The molecule has 2 aromatic carbocycles. The number of carbonyl (C=O) groups excluding carboxylic acids is 2. The van der Waals surface area contributed by atoms with Gasteiger partial charge in [-0.25, -0.2) is 0 Å². The minimum Gasteiger partial charge on any atom is -0.497 e. The zero-order valence-corrected chi connectivity index (χ0v) is 14.6. The lowest BCUT2D eigenvalue weighted by Gasteiger charge is -2.21. The molecule has 0 aliphatic rings. The van der Waals surface area contributed by atoms with Crippen LogP contribution in [0.25, 0.3) is 0 Å². The van der Waals surface area contributed by atoms with E-state index >= 15 is 0 Å². The highest BCUT2D eigenvalue weighted by Gasteiger charge is 2.14. The molecular formula is C19H22N2O4. The predicted octanol–water partition coefficient (Wildman–Crippen LogP) is 2.49. The number of nitrogens with one attached hydrogen (secondary N) is 1. The number of methoxy groups -OCH3 is 2. The molecule has 6 nitrogen and oxygen atoms in total. The van der Waals surface area contributed by atoms with Crippen LogP contribution in [0.2, 0.25) is 0 Å². The number of para-hydroxylation sites is 1. The summed E-state index contributed by atoms with van der Waals surface area (Å²) in [5.41, 5.74) is 1.21. The van der Waals surface area contributed by atoms with Gasteiger partial charge in [0.05, 0.1) is 19.8 Å². The zero-order chi connectivity index (χ0) is 18.2. The number of hydrogen-bond acceptors (Lipinski definition) is 4. The molecule has 0 unspecified atom stereocenters. The van der Waals surface area contributed by atoms with Gasteiger partial charge >= 0.3 is 0 Å². The SMILES string of the molecule is COc1ccc(N(CCNC(=O)c2ccccc2OC)C(C)=O)cc1. The summed E-state index contributed by atoms with van der Waals surface area (Å²) in [6.45, 7) is 2.18. The lowest BCUT2D eigenvalue weighted by Crippen LogP contribution is -2.37. The predicted molar refractivity (Wildman–Crippen MR) is 96.3 cm³/mol. The third-order valence-corrected chi connectivity index (χ3v) is 3.74. The maximum atomic E-state index is 12.3. The number of anilines is 1. The van der Waals surface area contributed by atoms with Crippen LogP contribution < -0.4 is 19.7 Å². The van der Waals surface area contributed by atoms with Gasteiger partial charge in [0, 0.05) is 25.7 Å². The second kappa shape index (κ2) is 8.73. The lowest BCUT2D eigenvalue weighted by molar-refractivity contribution is -0.116. The van der Waals surface area contributed by atoms with Crippen molar-refractivity contribution < 1.29 is 19.1 Å². The van der Waals surface area contributed by atoms with E-state index in [0.717, 1.165) is 11.4 Å². The summed E-state index contributed by atoms with van der Waals surface area (Å²) in [5.74, 6) is 0.891. The summed E-state index contributed by atoms with van der Waals surface area (Å²) < 4.78 is 10.3. The van der Waals surface area contributed by atoms with Crippen molar-refractivity contribution in [2.45, 2.75) is 6.92 Å². The standard InChI is InChI=1S/C19H22N2O4/c1-14(22)21(15-8-10-16(24-2)11-9-15)13-12-20-19(23)17-6-4-5-7-18(17)25-3/h4-11H,12-13H2,1-3H3,(H,20,23). The summed E-state index contributed by atoms with van der Waals surface area (Å²) in [4.78, 5) is 25.8. The van der Waals surface area contributed by atoms with Gasteiger partial charge in [-0.15, -0.1) is 0 Å². The van der Waals surface area contributed by atoms with Crippen molar-refractivity contribution in [3.05, 3.63) is 54.1 Å². The first kappa shape index (κ1) is 18.3. The Morgan fingerprint density at radius 3 is 2.28 bits per heavy atom. The number of amides is 2. The molecule has 2 amide bonds. The van der Waals surface area contributed by atoms with Crippen LogP contribution in [0.4, 0.5) is 5.69 Å². The van der Waals surface area contributed by atoms with Crippen LogP contribution in [-0.4, -0.2) is 39.1 Å². The Labute approximate surface area is 147 Å². The third-order valence-electron chi connectivity index (χ3n) is 3.74. The second-order valence-electron chi connectivity index (χ2n) is 5.32. The zero-order valence-electron chi connectivity index (χ0n) is 14.6. The first-order chi connectivity index (χ1) is 12.1. The van der Waals surface area contributed by atoms with Gasteiger partial charge in [0.2, 0.25) is 5.91 Å². The number of hydrogen-bond donors (Lipinski definition) is 1. The number of rotatable bonds is 7. The molecule has 25 heavy (non-hydrogen) atoms. The molecule has 0 atom stereocenters. The number of ether oxygens (including phenoxy) is 2. The number of carbonyl (C=O) groups is 2. The van der Waals surface area contributed by atoms with E-state index in [1.807, 2.05) is 12.1 Å². The second-order valence-corrected chi connectivity index (χ2v) is 5.32. The monoisotopic (exact) mass is 342 g/mol. The number of benzene rings is 2. The van der Waals surface area contributed by atoms with Crippen LogP contribution in [0.1, 0.15) is 17.3 Å². The van der Waals surface area contributed by atoms with Crippen LogP contribution in [0, 0.1) is 0 Å². The van der Waals surface area contributed by atoms with Gasteiger partial charge in [0.15, 0.2) is 0 Å². The first-order valence-corrected chi connectivity index (χ1v) is 7.90. The van der Waals surface area contributed by atoms with Gasteiger partial charge in [0.1, 0.15) is 11.5 Å². The molecule has 0 aromatic heterocycles. The summed E-state index contributed by atoms with van der Waals surface area (Å²) in [7, 11) is 3.11. The summed E-state index contributed by atoms with van der Waals surface area (Å²) >= 11 is 0. The van der Waals surface area contributed by atoms with Crippen molar-refractivity contribution in [2.75, 3.05) is 32.2 Å². The van der Waals surface area contributed by atoms with Crippen LogP contribution in [-0.2, 0) is 4.79 Å². The average Bonchev–Trinajstić information content (AvgIpc) is 2.65. The van der Waals surface area contributed by atoms with Gasteiger partial charge in [-0.3, -0.25) is 9.59 Å². The number of nitrogens with zero attached hydrogens (tertiary/aromatic N) is 1. The third kappa shape index (κ3) is 4.73. The minimum absolute atomic E-state index is 0.100. The van der Waals surface area contributed by atoms with E-state index in [0.29, 0.717) is 24.4 Å². The highest BCUT2D eigenvalue weighted by Crippen LogP contribution is 2.19.